The summed E-state index contributed by atoms with van der Waals surface area (Å²) in [6, 6.07) is 3.68. The van der Waals surface area contributed by atoms with Crippen molar-refractivity contribution in [2.45, 2.75) is 32.9 Å². The fourth-order valence-electron chi connectivity index (χ4n) is 1.63. The molecule has 0 aliphatic carbocycles. The van der Waals surface area contributed by atoms with Gasteiger partial charge in [-0.15, -0.1) is 0 Å². The standard InChI is InChI=1S/C13H18N4O2/c1-8(2)19-13-11(14)12(15-7-16-13)17-9(3)10-5-4-6-18-10/h4-9H,14H2,1-3H3,(H,15,16,17). The van der Waals surface area contributed by atoms with Crippen molar-refractivity contribution in [2.24, 2.45) is 0 Å². The van der Waals surface area contributed by atoms with Crippen LogP contribution in [-0.4, -0.2) is 16.1 Å². The Balaban J connectivity index is 2.16. The van der Waals surface area contributed by atoms with Crippen LogP contribution in [-0.2, 0) is 0 Å². The molecular formula is C13H18N4O2. The molecule has 0 aliphatic rings. The zero-order valence-electron chi connectivity index (χ0n) is 11.3. The van der Waals surface area contributed by atoms with Crippen LogP contribution in [0.4, 0.5) is 11.5 Å². The molecule has 0 saturated heterocycles. The Kier molecular flexibility index (Phi) is 3.89. The maximum atomic E-state index is 5.99. The Bertz CT molecular complexity index is 525. The smallest absolute Gasteiger partial charge is 0.242 e. The summed E-state index contributed by atoms with van der Waals surface area (Å²) < 4.78 is 10.8. The highest BCUT2D eigenvalue weighted by Gasteiger charge is 2.14. The van der Waals surface area contributed by atoms with Gasteiger partial charge in [-0.05, 0) is 32.9 Å². The predicted octanol–water partition coefficient (Wildman–Crippen LogP) is 2.61. The molecule has 2 rings (SSSR count). The molecule has 0 fully saturated rings. The largest absolute Gasteiger partial charge is 0.473 e. The Labute approximate surface area is 112 Å². The fraction of sp³-hybridized carbons (Fsp3) is 0.385. The number of furan rings is 1. The van der Waals surface area contributed by atoms with Crippen LogP contribution in [0.25, 0.3) is 0 Å². The van der Waals surface area contributed by atoms with E-state index in [-0.39, 0.29) is 12.1 Å². The molecule has 1 atom stereocenters. The molecule has 0 aliphatic heterocycles. The van der Waals surface area contributed by atoms with E-state index in [9.17, 15) is 0 Å². The Morgan fingerprint density at radius 2 is 2.11 bits per heavy atom. The Hall–Kier alpha value is -2.24. The van der Waals surface area contributed by atoms with Gasteiger partial charge in [0, 0.05) is 0 Å². The minimum Gasteiger partial charge on any atom is -0.473 e. The molecule has 0 radical (unpaired) electrons. The summed E-state index contributed by atoms with van der Waals surface area (Å²) in [4.78, 5) is 8.15. The molecule has 19 heavy (non-hydrogen) atoms. The zero-order chi connectivity index (χ0) is 13.8. The fourth-order valence-corrected chi connectivity index (χ4v) is 1.63. The highest BCUT2D eigenvalue weighted by Crippen LogP contribution is 2.28. The molecular weight excluding hydrogens is 244 g/mol. The molecule has 6 nitrogen and oxygen atoms in total. The number of hydrogen-bond donors (Lipinski definition) is 2. The first-order valence-corrected chi connectivity index (χ1v) is 6.15. The van der Waals surface area contributed by atoms with Gasteiger partial charge in [-0.2, -0.15) is 4.98 Å². The average molecular weight is 262 g/mol. The highest BCUT2D eigenvalue weighted by atomic mass is 16.5. The summed E-state index contributed by atoms with van der Waals surface area (Å²) in [5.74, 6) is 1.73. The zero-order valence-corrected chi connectivity index (χ0v) is 11.3. The Morgan fingerprint density at radius 1 is 1.32 bits per heavy atom. The van der Waals surface area contributed by atoms with Crippen LogP contribution < -0.4 is 15.8 Å². The monoisotopic (exact) mass is 262 g/mol. The summed E-state index contributed by atoms with van der Waals surface area (Å²) in [7, 11) is 0. The number of nitrogens with one attached hydrogen (secondary N) is 1. The number of nitrogens with two attached hydrogens (primary N) is 1. The van der Waals surface area contributed by atoms with Crippen LogP contribution in [0.3, 0.4) is 0 Å². The second-order valence-corrected chi connectivity index (χ2v) is 4.49. The van der Waals surface area contributed by atoms with E-state index in [0.717, 1.165) is 5.76 Å². The van der Waals surface area contributed by atoms with Gasteiger partial charge < -0.3 is 20.2 Å². The molecule has 2 aromatic rings. The van der Waals surface area contributed by atoms with Crippen LogP contribution in [0.1, 0.15) is 32.6 Å². The number of nitrogen functional groups attached to an aromatic ring is 1. The molecule has 0 aromatic carbocycles. The van der Waals surface area contributed by atoms with Crippen molar-refractivity contribution < 1.29 is 9.15 Å². The topological polar surface area (TPSA) is 86.2 Å². The second-order valence-electron chi connectivity index (χ2n) is 4.49. The molecule has 1 unspecified atom stereocenters. The lowest BCUT2D eigenvalue weighted by molar-refractivity contribution is 0.234. The molecule has 0 amide bonds. The van der Waals surface area contributed by atoms with Crippen molar-refractivity contribution in [1.29, 1.82) is 0 Å². The summed E-state index contributed by atoms with van der Waals surface area (Å²) in [5, 5.41) is 3.18. The van der Waals surface area contributed by atoms with Crippen molar-refractivity contribution in [3.8, 4) is 5.88 Å². The predicted molar refractivity (Wildman–Crippen MR) is 73.0 cm³/mol. The summed E-state index contributed by atoms with van der Waals surface area (Å²) in [6.07, 6.45) is 3.06. The normalized spacial score (nSPS) is 12.4. The van der Waals surface area contributed by atoms with E-state index in [0.29, 0.717) is 17.4 Å². The van der Waals surface area contributed by atoms with Gasteiger partial charge >= 0.3 is 0 Å². The third-order valence-corrected chi connectivity index (χ3v) is 2.52. The van der Waals surface area contributed by atoms with Gasteiger partial charge in [-0.1, -0.05) is 0 Å². The summed E-state index contributed by atoms with van der Waals surface area (Å²) in [5.41, 5.74) is 6.39. The SMILES string of the molecule is CC(C)Oc1ncnc(NC(C)c2ccco2)c1N. The van der Waals surface area contributed by atoms with Crippen LogP contribution in [0, 0.1) is 0 Å². The third kappa shape index (κ3) is 3.15. The first-order chi connectivity index (χ1) is 9.08. The van der Waals surface area contributed by atoms with Gasteiger partial charge in [0.1, 0.15) is 17.8 Å². The van der Waals surface area contributed by atoms with Gasteiger partial charge in [0.05, 0.1) is 18.4 Å². The van der Waals surface area contributed by atoms with Gasteiger partial charge in [0.15, 0.2) is 5.82 Å². The van der Waals surface area contributed by atoms with E-state index in [4.69, 9.17) is 14.9 Å². The van der Waals surface area contributed by atoms with Crippen LogP contribution in [0.5, 0.6) is 5.88 Å². The van der Waals surface area contributed by atoms with Crippen LogP contribution in [0.2, 0.25) is 0 Å². The van der Waals surface area contributed by atoms with Crippen molar-refractivity contribution in [3.05, 3.63) is 30.5 Å². The number of nitrogens with zero attached hydrogens (tertiary/aromatic N) is 2. The maximum absolute atomic E-state index is 5.99. The lowest BCUT2D eigenvalue weighted by Gasteiger charge is -2.16. The minimum atomic E-state index is -0.0425. The second kappa shape index (κ2) is 5.60. The number of ether oxygens (including phenoxy) is 1. The van der Waals surface area contributed by atoms with Crippen LogP contribution >= 0.6 is 0 Å². The number of anilines is 2. The number of aromatic nitrogens is 2. The van der Waals surface area contributed by atoms with E-state index in [2.05, 4.69) is 15.3 Å². The highest BCUT2D eigenvalue weighted by molar-refractivity contribution is 5.66. The van der Waals surface area contributed by atoms with Crippen LogP contribution in [0.15, 0.2) is 29.1 Å². The third-order valence-electron chi connectivity index (χ3n) is 2.52. The molecule has 102 valence electrons. The van der Waals surface area contributed by atoms with Crippen molar-refractivity contribution >= 4 is 11.5 Å². The quantitative estimate of drug-likeness (QED) is 0.861. The van der Waals surface area contributed by atoms with E-state index in [1.54, 1.807) is 6.26 Å². The molecule has 0 bridgehead atoms. The maximum Gasteiger partial charge on any atom is 0.242 e. The van der Waals surface area contributed by atoms with Crippen molar-refractivity contribution in [1.82, 2.24) is 9.97 Å². The van der Waals surface area contributed by atoms with Gasteiger partial charge in [0.25, 0.3) is 0 Å². The molecule has 2 heterocycles. The molecule has 6 heteroatoms. The van der Waals surface area contributed by atoms with E-state index >= 15 is 0 Å². The van der Waals surface area contributed by atoms with Gasteiger partial charge in [-0.25, -0.2) is 4.98 Å². The van der Waals surface area contributed by atoms with E-state index < -0.39 is 0 Å². The van der Waals surface area contributed by atoms with E-state index in [1.807, 2.05) is 32.9 Å². The lowest BCUT2D eigenvalue weighted by Crippen LogP contribution is -2.13. The van der Waals surface area contributed by atoms with E-state index in [1.165, 1.54) is 6.33 Å². The molecule has 2 aromatic heterocycles. The molecule has 0 spiro atoms. The Morgan fingerprint density at radius 3 is 2.74 bits per heavy atom. The number of hydrogen-bond acceptors (Lipinski definition) is 6. The minimum absolute atomic E-state index is 0.00699. The molecule has 3 N–H and O–H groups in total. The first-order valence-electron chi connectivity index (χ1n) is 6.15. The van der Waals surface area contributed by atoms with Crippen molar-refractivity contribution in [3.63, 3.8) is 0 Å². The number of rotatable bonds is 5. The summed E-state index contributed by atoms with van der Waals surface area (Å²) >= 11 is 0. The molecule has 0 saturated carbocycles. The van der Waals surface area contributed by atoms with Crippen molar-refractivity contribution in [2.75, 3.05) is 11.1 Å². The van der Waals surface area contributed by atoms with Gasteiger partial charge in [-0.3, -0.25) is 0 Å². The lowest BCUT2D eigenvalue weighted by atomic mass is 10.2. The summed E-state index contributed by atoms with van der Waals surface area (Å²) in [6.45, 7) is 5.80. The van der Waals surface area contributed by atoms with Gasteiger partial charge in [0.2, 0.25) is 5.88 Å². The average Bonchev–Trinajstić information content (AvgIpc) is 2.87. The first kappa shape index (κ1) is 13.2.